The molecule has 0 saturated carbocycles. The van der Waals surface area contributed by atoms with Gasteiger partial charge >= 0.3 is 12.1 Å². The van der Waals surface area contributed by atoms with E-state index in [0.29, 0.717) is 37.4 Å². The molecule has 4 heterocycles. The zero-order valence-electron chi connectivity index (χ0n) is 33.4. The van der Waals surface area contributed by atoms with Gasteiger partial charge in [0, 0.05) is 49.9 Å². The predicted molar refractivity (Wildman–Crippen MR) is 218 cm³/mol. The van der Waals surface area contributed by atoms with Gasteiger partial charge in [0.2, 0.25) is 11.8 Å². The van der Waals surface area contributed by atoms with Crippen molar-refractivity contribution in [2.45, 2.75) is 82.0 Å². The molecule has 4 aliphatic rings. The van der Waals surface area contributed by atoms with Crippen molar-refractivity contribution >= 4 is 23.4 Å². The van der Waals surface area contributed by atoms with Gasteiger partial charge in [-0.15, -0.1) is 0 Å². The number of piperidine rings is 1. The highest BCUT2D eigenvalue weighted by Crippen LogP contribution is 2.43. The summed E-state index contributed by atoms with van der Waals surface area (Å²) in [6.45, 7) is 4.62. The molecule has 4 fully saturated rings. The van der Waals surface area contributed by atoms with Gasteiger partial charge in [-0.25, -0.2) is 0 Å². The number of nitrogens with zero attached hydrogens (tertiary/aromatic N) is 3. The van der Waals surface area contributed by atoms with Gasteiger partial charge < -0.3 is 39.9 Å². The number of benzene rings is 4. The Bertz CT molecular complexity index is 2160. The minimum atomic E-state index is -5.04. The second-order valence-electron chi connectivity index (χ2n) is 16.3. The largest absolute Gasteiger partial charge is 0.471 e. The third-order valence-corrected chi connectivity index (χ3v) is 12.6. The summed E-state index contributed by atoms with van der Waals surface area (Å²) in [5.41, 5.74) is 5.51. The number of hydrogen-bond donors (Lipinski definition) is 3. The molecule has 0 unspecified atom stereocenters. The van der Waals surface area contributed by atoms with Crippen LogP contribution in [0.3, 0.4) is 0 Å². The highest BCUT2D eigenvalue weighted by molar-refractivity contribution is 5.93. The Morgan fingerprint density at radius 2 is 1.58 bits per heavy atom. The summed E-state index contributed by atoms with van der Waals surface area (Å²) in [6.07, 6.45) is -4.43. The molecule has 5 atom stereocenters. The molecule has 4 aliphatic heterocycles. The lowest BCUT2D eigenvalue weighted by atomic mass is 9.84. The minimum absolute atomic E-state index is 0.0364. The van der Waals surface area contributed by atoms with Gasteiger partial charge in [-0.3, -0.25) is 14.4 Å². The Morgan fingerprint density at radius 3 is 2.30 bits per heavy atom. The Balaban J connectivity index is 0.978. The van der Waals surface area contributed by atoms with Crippen molar-refractivity contribution in [3.8, 4) is 11.1 Å². The number of likely N-dealkylation sites (tertiary alicyclic amines) is 2. The molecule has 0 aliphatic carbocycles. The number of hydrogen-bond acceptors (Lipinski definition) is 8. The van der Waals surface area contributed by atoms with Crippen LogP contribution in [0.15, 0.2) is 103 Å². The van der Waals surface area contributed by atoms with Crippen molar-refractivity contribution in [1.82, 2.24) is 20.4 Å². The molecule has 4 saturated heterocycles. The van der Waals surface area contributed by atoms with E-state index in [0.717, 1.165) is 52.2 Å². The van der Waals surface area contributed by atoms with Crippen molar-refractivity contribution in [1.29, 1.82) is 0 Å². The summed E-state index contributed by atoms with van der Waals surface area (Å²) in [6, 6.07) is 32.1. The minimum Gasteiger partial charge on any atom is -0.392 e. The number of amides is 3. The van der Waals surface area contributed by atoms with Crippen molar-refractivity contribution < 1.29 is 42.1 Å². The molecule has 1 spiro atoms. The highest BCUT2D eigenvalue weighted by atomic mass is 19.4. The second-order valence-corrected chi connectivity index (χ2v) is 16.3. The number of rotatable bonds is 10. The van der Waals surface area contributed by atoms with Crippen LogP contribution in [-0.2, 0) is 37.0 Å². The Hall–Kier alpha value is -5.28. The first-order valence-electron chi connectivity index (χ1n) is 20.6. The van der Waals surface area contributed by atoms with E-state index in [2.05, 4.69) is 27.4 Å². The summed E-state index contributed by atoms with van der Waals surface area (Å²) in [4.78, 5) is 43.5. The first-order valence-corrected chi connectivity index (χ1v) is 20.6. The van der Waals surface area contributed by atoms with Gasteiger partial charge in [0.05, 0.1) is 25.5 Å². The first kappa shape index (κ1) is 41.5. The van der Waals surface area contributed by atoms with Crippen molar-refractivity contribution in [3.05, 3.63) is 125 Å². The molecular weight excluding hydrogens is 776 g/mol. The average Bonchev–Trinajstić information content (AvgIpc) is 3.89. The molecule has 4 aromatic carbocycles. The third kappa shape index (κ3) is 8.51. The first-order chi connectivity index (χ1) is 28.9. The number of carbonyl (C=O) groups excluding carboxylic acids is 3. The Morgan fingerprint density at radius 1 is 0.867 bits per heavy atom. The van der Waals surface area contributed by atoms with E-state index in [-0.39, 0.29) is 50.2 Å². The van der Waals surface area contributed by atoms with Crippen molar-refractivity contribution in [2.75, 3.05) is 37.7 Å². The maximum Gasteiger partial charge on any atom is 0.471 e. The molecular formula is C46H50F3N5O6. The number of anilines is 1. The fraction of sp³-hybridized carbons (Fsp3) is 0.413. The molecule has 0 bridgehead atoms. The van der Waals surface area contributed by atoms with Crippen LogP contribution in [0.4, 0.5) is 18.9 Å². The normalized spacial score (nSPS) is 24.4. The molecule has 14 heteroatoms. The summed E-state index contributed by atoms with van der Waals surface area (Å²) in [5, 5.41) is 15.5. The number of aliphatic hydroxyl groups excluding tert-OH is 1. The molecule has 316 valence electrons. The molecule has 4 aromatic rings. The topological polar surface area (TPSA) is 124 Å². The number of ether oxygens (including phenoxy) is 2. The van der Waals surface area contributed by atoms with E-state index in [4.69, 9.17) is 9.47 Å². The van der Waals surface area contributed by atoms with Gasteiger partial charge in [0.1, 0.15) is 11.6 Å². The third-order valence-electron chi connectivity index (χ3n) is 12.6. The Labute approximate surface area is 347 Å². The quantitative estimate of drug-likeness (QED) is 0.172. The standard InChI is InChI=1S/C46H50F3N5O6/c1-30-39(27-52-22-19-45(20-23-52)43(57)51-29-54(45)37-12-3-2-4-13-37)59-42(60-40(30)33-17-15-31(28-55)16-18-33)36-11-6-10-35(25-36)34-9-5-8-32(24-34)26-50-41(56)38-14-7-21-53(38)44(58)46(47,48)49/h2-6,8-13,15-18,24-25,30,38-40,42,55H,7,14,19-23,26-29H2,1H3,(H,50,56)(H,51,57)/t30-,38-,39+,40+,42+/m0/s1. The fourth-order valence-corrected chi connectivity index (χ4v) is 9.20. The van der Waals surface area contributed by atoms with Crippen molar-refractivity contribution in [2.24, 2.45) is 5.92 Å². The van der Waals surface area contributed by atoms with Crippen LogP contribution in [0.1, 0.15) is 67.3 Å². The van der Waals surface area contributed by atoms with E-state index in [1.807, 2.05) is 103 Å². The van der Waals surface area contributed by atoms with Gasteiger partial charge in [-0.1, -0.05) is 85.8 Å². The van der Waals surface area contributed by atoms with E-state index >= 15 is 0 Å². The average molecular weight is 826 g/mol. The number of aliphatic hydroxyl groups is 1. The summed E-state index contributed by atoms with van der Waals surface area (Å²) in [7, 11) is 0. The van der Waals surface area contributed by atoms with Crippen LogP contribution in [0.25, 0.3) is 11.1 Å². The van der Waals surface area contributed by atoms with Crippen LogP contribution in [0.5, 0.6) is 0 Å². The second kappa shape index (κ2) is 17.4. The Kier molecular flexibility index (Phi) is 12.0. The maximum atomic E-state index is 13.4. The zero-order valence-corrected chi connectivity index (χ0v) is 33.4. The number of carbonyl (C=O) groups is 3. The summed E-state index contributed by atoms with van der Waals surface area (Å²) in [5.74, 6) is -2.57. The number of halogens is 3. The molecule has 0 aromatic heterocycles. The molecule has 3 N–H and O–H groups in total. The van der Waals surface area contributed by atoms with Gasteiger partial charge in [-0.2, -0.15) is 13.2 Å². The van der Waals surface area contributed by atoms with Crippen LogP contribution in [-0.4, -0.2) is 89.3 Å². The number of para-hydroxylation sites is 1. The van der Waals surface area contributed by atoms with Crippen LogP contribution >= 0.6 is 0 Å². The van der Waals surface area contributed by atoms with Crippen LogP contribution in [0.2, 0.25) is 0 Å². The number of nitrogens with one attached hydrogen (secondary N) is 2. The summed E-state index contributed by atoms with van der Waals surface area (Å²) < 4.78 is 53.1. The van der Waals surface area contributed by atoms with E-state index in [9.17, 15) is 32.7 Å². The lowest BCUT2D eigenvalue weighted by Gasteiger charge is -2.46. The van der Waals surface area contributed by atoms with E-state index in [1.54, 1.807) is 0 Å². The SMILES string of the molecule is C[C@H]1[C@@H](CN2CCC3(CC2)C(=O)NCN3c2ccccc2)O[C@@H](c2cccc(-c3cccc(CNC(=O)[C@@H]4CCCN4C(=O)C(F)(F)F)c3)c2)O[C@H]1c1ccc(CO)cc1. The van der Waals surface area contributed by atoms with E-state index < -0.39 is 35.9 Å². The monoisotopic (exact) mass is 825 g/mol. The molecule has 8 rings (SSSR count). The lowest BCUT2D eigenvalue weighted by Crippen LogP contribution is -2.57. The predicted octanol–water partition coefficient (Wildman–Crippen LogP) is 6.24. The molecule has 0 radical (unpaired) electrons. The van der Waals surface area contributed by atoms with Crippen LogP contribution in [0, 0.1) is 5.92 Å². The summed E-state index contributed by atoms with van der Waals surface area (Å²) >= 11 is 0. The van der Waals surface area contributed by atoms with E-state index in [1.165, 1.54) is 0 Å². The van der Waals surface area contributed by atoms with Crippen molar-refractivity contribution in [3.63, 3.8) is 0 Å². The van der Waals surface area contributed by atoms with Crippen LogP contribution < -0.4 is 15.5 Å². The molecule has 3 amide bonds. The molecule has 60 heavy (non-hydrogen) atoms. The van der Waals surface area contributed by atoms with Gasteiger partial charge in [0.15, 0.2) is 6.29 Å². The smallest absolute Gasteiger partial charge is 0.392 e. The number of alkyl halides is 3. The molecule has 11 nitrogen and oxygen atoms in total. The van der Waals surface area contributed by atoms with Gasteiger partial charge in [0.25, 0.3) is 0 Å². The zero-order chi connectivity index (χ0) is 42.0. The fourth-order valence-electron chi connectivity index (χ4n) is 9.20. The maximum absolute atomic E-state index is 13.4. The highest BCUT2D eigenvalue weighted by Gasteiger charge is 2.51. The van der Waals surface area contributed by atoms with Gasteiger partial charge in [-0.05, 0) is 77.8 Å². The lowest BCUT2D eigenvalue weighted by molar-refractivity contribution is -0.276.